The van der Waals surface area contributed by atoms with Crippen LogP contribution < -0.4 is 4.74 Å². The van der Waals surface area contributed by atoms with Gasteiger partial charge >= 0.3 is 5.97 Å². The summed E-state index contributed by atoms with van der Waals surface area (Å²) in [5.74, 6) is 2.12. The molecule has 0 saturated heterocycles. The van der Waals surface area contributed by atoms with Crippen molar-refractivity contribution in [2.24, 2.45) is 17.3 Å². The van der Waals surface area contributed by atoms with E-state index in [1.54, 1.807) is 0 Å². The lowest BCUT2D eigenvalue weighted by molar-refractivity contribution is -0.135. The van der Waals surface area contributed by atoms with E-state index in [4.69, 9.17) is 4.74 Å². The topological polar surface area (TPSA) is 63.6 Å². The molecule has 3 aliphatic carbocycles. The molecule has 0 amide bonds. The Morgan fingerprint density at radius 1 is 1.19 bits per heavy atom. The number of aliphatic hydroxyl groups is 1. The summed E-state index contributed by atoms with van der Waals surface area (Å²) in [6.07, 6.45) is 6.75. The van der Waals surface area contributed by atoms with Crippen LogP contribution in [-0.2, 0) is 16.0 Å². The van der Waals surface area contributed by atoms with E-state index in [2.05, 4.69) is 13.0 Å². The van der Waals surface area contributed by atoms with Crippen LogP contribution in [0.1, 0.15) is 75.8 Å². The average Bonchev–Trinajstić information content (AvgIpc) is 2.94. The molecule has 0 aliphatic heterocycles. The highest BCUT2D eigenvalue weighted by atomic mass is 16.5. The van der Waals surface area contributed by atoms with E-state index in [1.807, 2.05) is 12.1 Å². The minimum Gasteiger partial charge on any atom is -0.427 e. The third-order valence-corrected chi connectivity index (χ3v) is 7.56. The molecule has 1 N–H and O–H groups in total. The Balaban J connectivity index is 1.49. The van der Waals surface area contributed by atoms with Crippen molar-refractivity contribution in [2.75, 3.05) is 0 Å². The van der Waals surface area contributed by atoms with Crippen LogP contribution in [0.3, 0.4) is 0 Å². The maximum absolute atomic E-state index is 11.9. The number of hydrogen-bond donors (Lipinski definition) is 1. The number of ether oxygens (including phenoxy) is 1. The van der Waals surface area contributed by atoms with E-state index in [-0.39, 0.29) is 36.1 Å². The monoisotopic (exact) mass is 370 g/mol. The third kappa shape index (κ3) is 3.33. The van der Waals surface area contributed by atoms with Gasteiger partial charge in [0.15, 0.2) is 0 Å². The molecular weight excluding hydrogens is 340 g/mol. The summed E-state index contributed by atoms with van der Waals surface area (Å²) in [6.45, 7) is 3.78. The van der Waals surface area contributed by atoms with Crippen LogP contribution in [0.15, 0.2) is 18.2 Å². The molecule has 5 unspecified atom stereocenters. The highest BCUT2D eigenvalue weighted by molar-refractivity contribution is 5.81. The van der Waals surface area contributed by atoms with Gasteiger partial charge in [-0.1, -0.05) is 13.0 Å². The lowest BCUT2D eigenvalue weighted by Gasteiger charge is -2.50. The van der Waals surface area contributed by atoms with Crippen LogP contribution in [-0.4, -0.2) is 23.0 Å². The molecule has 2 saturated carbocycles. The summed E-state index contributed by atoms with van der Waals surface area (Å²) in [5.41, 5.74) is 2.82. The Bertz CT molecular complexity index is 755. The fraction of sp³-hybridized carbons (Fsp3) is 0.652. The SMILES string of the molecule is CC(=O)CCC(=O)Oc1ccc2c(c1)CCC1C2CCC2(C)C(O)CCC12. The van der Waals surface area contributed by atoms with Gasteiger partial charge < -0.3 is 14.6 Å². The molecule has 4 nitrogen and oxygen atoms in total. The summed E-state index contributed by atoms with van der Waals surface area (Å²) < 4.78 is 5.44. The largest absolute Gasteiger partial charge is 0.427 e. The molecule has 5 atom stereocenters. The molecule has 4 heteroatoms. The molecule has 0 spiro atoms. The van der Waals surface area contributed by atoms with E-state index in [1.165, 1.54) is 18.1 Å². The van der Waals surface area contributed by atoms with Crippen LogP contribution >= 0.6 is 0 Å². The van der Waals surface area contributed by atoms with Gasteiger partial charge in [0, 0.05) is 6.42 Å². The highest BCUT2D eigenvalue weighted by Gasteiger charge is 2.54. The standard InChI is InChI=1S/C23H30O4/c1-14(24)3-10-22(26)27-16-5-7-17-15(13-16)4-6-19-18(17)11-12-23(2)20(19)8-9-21(23)25/h5,7,13,18-21,25H,3-4,6,8-12H2,1-2H3. The van der Waals surface area contributed by atoms with Crippen LogP contribution in [0.25, 0.3) is 0 Å². The predicted octanol–water partition coefficient (Wildman–Crippen LogP) is 4.18. The quantitative estimate of drug-likeness (QED) is 0.638. The number of benzene rings is 1. The maximum Gasteiger partial charge on any atom is 0.311 e. The second-order valence-electron chi connectivity index (χ2n) is 9.09. The molecule has 0 bridgehead atoms. The Morgan fingerprint density at radius 2 is 2.00 bits per heavy atom. The highest BCUT2D eigenvalue weighted by Crippen LogP contribution is 2.60. The predicted molar refractivity (Wildman–Crippen MR) is 103 cm³/mol. The van der Waals surface area contributed by atoms with Gasteiger partial charge in [0.1, 0.15) is 11.5 Å². The van der Waals surface area contributed by atoms with Crippen molar-refractivity contribution >= 4 is 11.8 Å². The summed E-state index contributed by atoms with van der Waals surface area (Å²) in [6, 6.07) is 6.08. The van der Waals surface area contributed by atoms with Crippen LogP contribution in [0.4, 0.5) is 0 Å². The van der Waals surface area contributed by atoms with Crippen LogP contribution in [0.2, 0.25) is 0 Å². The first-order valence-electron chi connectivity index (χ1n) is 10.4. The zero-order valence-corrected chi connectivity index (χ0v) is 16.4. The molecule has 27 heavy (non-hydrogen) atoms. The molecule has 1 aromatic rings. The maximum atomic E-state index is 11.9. The number of Topliss-reactive ketones (excluding diaryl/α,β-unsaturated/α-hetero) is 1. The number of esters is 1. The fourth-order valence-electron chi connectivity index (χ4n) is 6.06. The Hall–Kier alpha value is -1.68. The van der Waals surface area contributed by atoms with Gasteiger partial charge in [-0.05, 0) is 91.9 Å². The Kier molecular flexibility index (Phi) is 4.87. The minimum atomic E-state index is -0.341. The first-order valence-corrected chi connectivity index (χ1v) is 10.4. The lowest BCUT2D eigenvalue weighted by atomic mass is 9.55. The first kappa shape index (κ1) is 18.7. The van der Waals surface area contributed by atoms with Crippen molar-refractivity contribution in [1.82, 2.24) is 0 Å². The van der Waals surface area contributed by atoms with Gasteiger partial charge in [-0.15, -0.1) is 0 Å². The number of aryl methyl sites for hydroxylation is 1. The van der Waals surface area contributed by atoms with Crippen molar-refractivity contribution in [3.05, 3.63) is 29.3 Å². The average molecular weight is 370 g/mol. The van der Waals surface area contributed by atoms with Gasteiger partial charge in [-0.3, -0.25) is 4.79 Å². The van der Waals surface area contributed by atoms with Crippen molar-refractivity contribution in [1.29, 1.82) is 0 Å². The van der Waals surface area contributed by atoms with Gasteiger partial charge in [-0.25, -0.2) is 0 Å². The third-order valence-electron chi connectivity index (χ3n) is 7.56. The molecule has 0 heterocycles. The molecule has 2 fully saturated rings. The van der Waals surface area contributed by atoms with Crippen LogP contribution in [0, 0.1) is 17.3 Å². The molecule has 0 aromatic heterocycles. The van der Waals surface area contributed by atoms with Crippen LogP contribution in [0.5, 0.6) is 5.75 Å². The van der Waals surface area contributed by atoms with Crippen molar-refractivity contribution in [2.45, 2.75) is 77.2 Å². The number of carbonyl (C=O) groups excluding carboxylic acids is 2. The van der Waals surface area contributed by atoms with Crippen molar-refractivity contribution < 1.29 is 19.4 Å². The summed E-state index contributed by atoms with van der Waals surface area (Å²) >= 11 is 0. The number of hydrogen-bond acceptors (Lipinski definition) is 4. The van der Waals surface area contributed by atoms with Gasteiger partial charge in [0.05, 0.1) is 12.5 Å². The molecule has 146 valence electrons. The summed E-state index contributed by atoms with van der Waals surface area (Å²) in [7, 11) is 0. The first-order chi connectivity index (χ1) is 12.9. The van der Waals surface area contributed by atoms with E-state index in [0.29, 0.717) is 23.5 Å². The number of fused-ring (bicyclic) bond motifs is 5. The molecule has 1 aromatic carbocycles. The van der Waals surface area contributed by atoms with Gasteiger partial charge in [-0.2, -0.15) is 0 Å². The number of aliphatic hydroxyl groups excluding tert-OH is 1. The summed E-state index contributed by atoms with van der Waals surface area (Å²) in [4.78, 5) is 22.9. The normalized spacial score (nSPS) is 34.3. The molecule has 4 rings (SSSR count). The minimum absolute atomic E-state index is 0.00441. The number of ketones is 1. The second kappa shape index (κ2) is 7.05. The van der Waals surface area contributed by atoms with E-state index in [0.717, 1.165) is 38.5 Å². The summed E-state index contributed by atoms with van der Waals surface area (Å²) in [5, 5.41) is 10.5. The van der Waals surface area contributed by atoms with E-state index >= 15 is 0 Å². The molecule has 0 radical (unpaired) electrons. The molecule has 3 aliphatic rings. The Morgan fingerprint density at radius 3 is 2.78 bits per heavy atom. The lowest BCUT2D eigenvalue weighted by Crippen LogP contribution is -2.43. The number of carbonyl (C=O) groups is 2. The van der Waals surface area contributed by atoms with E-state index in [9.17, 15) is 14.7 Å². The van der Waals surface area contributed by atoms with E-state index < -0.39 is 0 Å². The smallest absolute Gasteiger partial charge is 0.311 e. The zero-order chi connectivity index (χ0) is 19.2. The van der Waals surface area contributed by atoms with Crippen molar-refractivity contribution in [3.63, 3.8) is 0 Å². The Labute approximate surface area is 161 Å². The van der Waals surface area contributed by atoms with Crippen molar-refractivity contribution in [3.8, 4) is 5.75 Å². The zero-order valence-electron chi connectivity index (χ0n) is 16.4. The van der Waals surface area contributed by atoms with Gasteiger partial charge in [0.25, 0.3) is 0 Å². The fourth-order valence-corrected chi connectivity index (χ4v) is 6.06. The second-order valence-corrected chi connectivity index (χ2v) is 9.09. The molecular formula is C23H30O4. The van der Waals surface area contributed by atoms with Gasteiger partial charge in [0.2, 0.25) is 0 Å². The number of rotatable bonds is 4.